The summed E-state index contributed by atoms with van der Waals surface area (Å²) in [6.07, 6.45) is 0.653. The monoisotopic (exact) mass is 194 g/mol. The van der Waals surface area contributed by atoms with E-state index in [1.807, 2.05) is 0 Å². The van der Waals surface area contributed by atoms with E-state index in [2.05, 4.69) is 5.32 Å². The highest BCUT2D eigenvalue weighted by atomic mass is 16.2. The van der Waals surface area contributed by atoms with Gasteiger partial charge in [-0.2, -0.15) is 0 Å². The quantitative estimate of drug-likeness (QED) is 0.528. The molecule has 5 atom stereocenters. The minimum absolute atomic E-state index is 0.000833. The molecule has 5 unspecified atom stereocenters. The molecule has 5 heteroatoms. The predicted octanol–water partition coefficient (Wildman–Crippen LogP) is -1.58. The van der Waals surface area contributed by atoms with Crippen LogP contribution in [0.1, 0.15) is 6.42 Å². The molecule has 2 saturated carbocycles. The number of amides is 2. The molecule has 3 N–H and O–H groups in total. The van der Waals surface area contributed by atoms with E-state index in [0.29, 0.717) is 6.42 Å². The summed E-state index contributed by atoms with van der Waals surface area (Å²) in [4.78, 5) is 34.3. The number of Topliss-reactive ketones (excluding diaryl/α,β-unsaturated/α-hetero) is 1. The third-order valence-corrected chi connectivity index (χ3v) is 3.84. The van der Waals surface area contributed by atoms with Crippen molar-refractivity contribution in [1.82, 2.24) is 5.32 Å². The SMILES string of the molecule is NC(=O)C1C2CC3C(NC(=O)C31)C2=O. The van der Waals surface area contributed by atoms with Crippen LogP contribution < -0.4 is 11.1 Å². The first-order chi connectivity index (χ1) is 6.61. The van der Waals surface area contributed by atoms with E-state index >= 15 is 0 Å². The van der Waals surface area contributed by atoms with Crippen LogP contribution in [0.2, 0.25) is 0 Å². The number of carbonyl (C=O) groups excluding carboxylic acids is 3. The second-order valence-electron chi connectivity index (χ2n) is 4.35. The fraction of sp³-hybridized carbons (Fsp3) is 0.667. The zero-order valence-corrected chi connectivity index (χ0v) is 7.40. The van der Waals surface area contributed by atoms with Gasteiger partial charge >= 0.3 is 0 Å². The van der Waals surface area contributed by atoms with Crippen LogP contribution in [0.4, 0.5) is 0 Å². The summed E-state index contributed by atoms with van der Waals surface area (Å²) >= 11 is 0. The first-order valence-corrected chi connectivity index (χ1v) is 4.74. The van der Waals surface area contributed by atoms with Gasteiger partial charge in [0.1, 0.15) is 0 Å². The van der Waals surface area contributed by atoms with E-state index in [9.17, 15) is 14.4 Å². The maximum atomic E-state index is 11.7. The Morgan fingerprint density at radius 1 is 1.43 bits per heavy atom. The number of rotatable bonds is 1. The van der Waals surface area contributed by atoms with E-state index in [0.717, 1.165) is 0 Å². The average Bonchev–Trinajstić information content (AvgIpc) is 2.67. The Hall–Kier alpha value is -1.39. The molecule has 3 aliphatic rings. The van der Waals surface area contributed by atoms with E-state index in [-0.39, 0.29) is 35.5 Å². The molecule has 0 aromatic carbocycles. The van der Waals surface area contributed by atoms with Gasteiger partial charge in [0, 0.05) is 5.92 Å². The first kappa shape index (κ1) is 7.96. The summed E-state index contributed by atoms with van der Waals surface area (Å²) in [6, 6.07) is -0.326. The maximum absolute atomic E-state index is 11.7. The molecule has 74 valence electrons. The number of carbonyl (C=O) groups is 3. The minimum atomic E-state index is -0.550. The fourth-order valence-electron chi connectivity index (χ4n) is 3.34. The summed E-state index contributed by atoms with van der Waals surface area (Å²) in [6.45, 7) is 0. The zero-order valence-electron chi connectivity index (χ0n) is 7.40. The van der Waals surface area contributed by atoms with E-state index < -0.39 is 11.8 Å². The topological polar surface area (TPSA) is 89.3 Å². The van der Waals surface area contributed by atoms with Gasteiger partial charge in [-0.15, -0.1) is 0 Å². The minimum Gasteiger partial charge on any atom is -0.369 e. The van der Waals surface area contributed by atoms with Gasteiger partial charge in [-0.3, -0.25) is 14.4 Å². The molecule has 2 amide bonds. The van der Waals surface area contributed by atoms with Crippen molar-refractivity contribution in [2.24, 2.45) is 29.4 Å². The third kappa shape index (κ3) is 0.657. The van der Waals surface area contributed by atoms with Gasteiger partial charge in [-0.05, 0) is 12.3 Å². The van der Waals surface area contributed by atoms with Crippen molar-refractivity contribution in [2.75, 3.05) is 0 Å². The molecule has 1 heterocycles. The molecule has 0 spiro atoms. The lowest BCUT2D eigenvalue weighted by Gasteiger charge is -2.21. The van der Waals surface area contributed by atoms with Crippen molar-refractivity contribution in [3.8, 4) is 0 Å². The smallest absolute Gasteiger partial charge is 0.224 e. The summed E-state index contributed by atoms with van der Waals surface area (Å²) in [5.41, 5.74) is 5.22. The van der Waals surface area contributed by atoms with Crippen molar-refractivity contribution in [2.45, 2.75) is 12.5 Å². The van der Waals surface area contributed by atoms with Crippen molar-refractivity contribution in [3.05, 3.63) is 0 Å². The summed E-state index contributed by atoms with van der Waals surface area (Å²) in [5, 5.41) is 2.65. The molecular formula is C9H10N2O3. The summed E-state index contributed by atoms with van der Waals surface area (Å²) in [7, 11) is 0. The Labute approximate surface area is 80.0 Å². The fourth-order valence-corrected chi connectivity index (χ4v) is 3.34. The largest absolute Gasteiger partial charge is 0.369 e. The number of fused-ring (bicyclic) bond motifs is 1. The highest BCUT2D eigenvalue weighted by molar-refractivity contribution is 6.05. The van der Waals surface area contributed by atoms with Crippen molar-refractivity contribution in [1.29, 1.82) is 0 Å². The standard InChI is InChI=1S/C9H10N2O3/c10-8(13)4-3-1-2-5(4)9(14)11-6(2)7(3)12/h2-6H,1H2,(H2,10,13)(H,11,14). The Morgan fingerprint density at radius 2 is 2.14 bits per heavy atom. The van der Waals surface area contributed by atoms with Crippen LogP contribution >= 0.6 is 0 Å². The van der Waals surface area contributed by atoms with Gasteiger partial charge in [0.05, 0.1) is 17.9 Å². The Bertz CT molecular complexity index is 365. The van der Waals surface area contributed by atoms with Crippen molar-refractivity contribution in [3.63, 3.8) is 0 Å². The highest BCUT2D eigenvalue weighted by Gasteiger charge is 2.66. The van der Waals surface area contributed by atoms with E-state index in [1.165, 1.54) is 0 Å². The lowest BCUT2D eigenvalue weighted by Crippen LogP contribution is -2.41. The number of hydrogen-bond acceptors (Lipinski definition) is 3. The molecule has 5 nitrogen and oxygen atoms in total. The van der Waals surface area contributed by atoms with Gasteiger partial charge in [-0.25, -0.2) is 0 Å². The molecule has 14 heavy (non-hydrogen) atoms. The molecule has 3 fully saturated rings. The summed E-state index contributed by atoms with van der Waals surface area (Å²) in [5.74, 6) is -1.83. The molecule has 0 aromatic rings. The molecule has 1 aliphatic heterocycles. The number of nitrogens with two attached hydrogens (primary N) is 1. The normalized spacial score (nSPS) is 48.4. The second kappa shape index (κ2) is 2.16. The van der Waals surface area contributed by atoms with Crippen LogP contribution in [0.3, 0.4) is 0 Å². The zero-order chi connectivity index (χ0) is 10.0. The molecular weight excluding hydrogens is 184 g/mol. The van der Waals surface area contributed by atoms with E-state index in [4.69, 9.17) is 5.73 Å². The maximum Gasteiger partial charge on any atom is 0.224 e. The van der Waals surface area contributed by atoms with E-state index in [1.54, 1.807) is 0 Å². The third-order valence-electron chi connectivity index (χ3n) is 3.84. The number of primary amides is 1. The highest BCUT2D eigenvalue weighted by Crippen LogP contribution is 2.53. The molecule has 0 radical (unpaired) electrons. The number of nitrogens with one attached hydrogen (secondary N) is 1. The molecule has 2 bridgehead atoms. The van der Waals surface area contributed by atoms with Crippen LogP contribution in [0.15, 0.2) is 0 Å². The van der Waals surface area contributed by atoms with Crippen LogP contribution in [0.25, 0.3) is 0 Å². The molecule has 2 aliphatic carbocycles. The number of hydrogen-bond donors (Lipinski definition) is 2. The lowest BCUT2D eigenvalue weighted by atomic mass is 9.79. The van der Waals surface area contributed by atoms with Crippen LogP contribution in [0.5, 0.6) is 0 Å². The van der Waals surface area contributed by atoms with Gasteiger partial charge in [0.2, 0.25) is 11.8 Å². The lowest BCUT2D eigenvalue weighted by molar-refractivity contribution is -0.134. The Morgan fingerprint density at radius 3 is 2.79 bits per heavy atom. The van der Waals surface area contributed by atoms with Crippen molar-refractivity contribution < 1.29 is 14.4 Å². The van der Waals surface area contributed by atoms with Crippen LogP contribution in [-0.4, -0.2) is 23.6 Å². The predicted molar refractivity (Wildman–Crippen MR) is 44.7 cm³/mol. The second-order valence-corrected chi connectivity index (χ2v) is 4.35. The number of ketones is 1. The molecule has 3 rings (SSSR count). The van der Waals surface area contributed by atoms with Crippen LogP contribution in [0, 0.1) is 23.7 Å². The van der Waals surface area contributed by atoms with Gasteiger partial charge < -0.3 is 11.1 Å². The Balaban J connectivity index is 2.08. The van der Waals surface area contributed by atoms with Crippen molar-refractivity contribution >= 4 is 17.6 Å². The van der Waals surface area contributed by atoms with Gasteiger partial charge in [-0.1, -0.05) is 0 Å². The van der Waals surface area contributed by atoms with Gasteiger partial charge in [0.15, 0.2) is 5.78 Å². The summed E-state index contributed by atoms with van der Waals surface area (Å²) < 4.78 is 0. The molecule has 0 aromatic heterocycles. The van der Waals surface area contributed by atoms with Gasteiger partial charge in [0.25, 0.3) is 0 Å². The Kier molecular flexibility index (Phi) is 1.23. The molecule has 1 saturated heterocycles. The average molecular weight is 194 g/mol. The first-order valence-electron chi connectivity index (χ1n) is 4.74. The van der Waals surface area contributed by atoms with Crippen LogP contribution in [-0.2, 0) is 14.4 Å².